The molecule has 2 aromatic rings. The molecule has 0 spiro atoms. The number of fused-ring (bicyclic) bond motifs is 1. The number of hydrogen-bond donors (Lipinski definition) is 2. The van der Waals surface area contributed by atoms with E-state index in [1.807, 2.05) is 0 Å². The van der Waals surface area contributed by atoms with Crippen LogP contribution in [0.4, 0.5) is 0 Å². The zero-order valence-electron chi connectivity index (χ0n) is 18.1. The minimum atomic E-state index is -0.674. The lowest BCUT2D eigenvalue weighted by atomic mass is 9.86. The first-order chi connectivity index (χ1) is 15.2. The van der Waals surface area contributed by atoms with Gasteiger partial charge in [-0.15, -0.1) is 11.3 Å². The number of ether oxygens (including phenoxy) is 1. The van der Waals surface area contributed by atoms with E-state index in [9.17, 15) is 5.11 Å². The Hall–Kier alpha value is -1.51. The molecule has 3 heterocycles. The summed E-state index contributed by atoms with van der Waals surface area (Å²) in [6.07, 6.45) is 6.98. The van der Waals surface area contributed by atoms with Gasteiger partial charge in [-0.2, -0.15) is 0 Å². The maximum absolute atomic E-state index is 9.71. The van der Waals surface area contributed by atoms with E-state index < -0.39 is 6.10 Å². The first kappa shape index (κ1) is 21.3. The predicted molar refractivity (Wildman–Crippen MR) is 122 cm³/mol. The molecule has 1 saturated heterocycles. The average Bonchev–Trinajstić information content (AvgIpc) is 3.20. The lowest BCUT2D eigenvalue weighted by molar-refractivity contribution is 0.00893. The van der Waals surface area contributed by atoms with Gasteiger partial charge in [0.1, 0.15) is 16.9 Å². The monoisotopic (exact) mass is 443 g/mol. The maximum Gasteiger partial charge on any atom is 0.123 e. The molecule has 5 rings (SSSR count). The molecular formula is C24H33N3O3S. The van der Waals surface area contributed by atoms with Gasteiger partial charge in [-0.25, -0.2) is 4.98 Å². The number of β-amino-alcohol motifs (C(OH)–C–C–N with tert-alkyl or cyclic N) is 1. The molecule has 1 aromatic carbocycles. The molecule has 2 aliphatic heterocycles. The molecule has 3 aliphatic rings. The number of thiazole rings is 1. The Balaban J connectivity index is 1.15. The first-order valence-corrected chi connectivity index (χ1v) is 12.5. The van der Waals surface area contributed by atoms with E-state index in [0.29, 0.717) is 12.6 Å². The van der Waals surface area contributed by atoms with Crippen molar-refractivity contribution in [3.05, 3.63) is 34.8 Å². The number of aliphatic hydroxyl groups is 2. The van der Waals surface area contributed by atoms with Crippen molar-refractivity contribution in [3.8, 4) is 16.3 Å². The van der Waals surface area contributed by atoms with Gasteiger partial charge in [0.05, 0.1) is 18.4 Å². The van der Waals surface area contributed by atoms with Crippen molar-refractivity contribution >= 4 is 11.3 Å². The fourth-order valence-corrected chi connectivity index (χ4v) is 6.12. The van der Waals surface area contributed by atoms with E-state index in [4.69, 9.17) is 14.8 Å². The molecule has 31 heavy (non-hydrogen) atoms. The van der Waals surface area contributed by atoms with Gasteiger partial charge in [0, 0.05) is 55.4 Å². The first-order valence-electron chi connectivity index (χ1n) is 11.7. The quantitative estimate of drug-likeness (QED) is 0.686. The van der Waals surface area contributed by atoms with Gasteiger partial charge in [-0.05, 0) is 50.2 Å². The van der Waals surface area contributed by atoms with E-state index in [0.717, 1.165) is 54.7 Å². The number of nitrogens with zero attached hydrogens (tertiary/aromatic N) is 3. The zero-order chi connectivity index (χ0) is 21.2. The highest BCUT2D eigenvalue weighted by Crippen LogP contribution is 2.34. The molecule has 7 heteroatoms. The molecule has 0 bridgehead atoms. The molecular weight excluding hydrogens is 410 g/mol. The van der Waals surface area contributed by atoms with Gasteiger partial charge < -0.3 is 19.8 Å². The molecule has 1 atom stereocenters. The van der Waals surface area contributed by atoms with Crippen LogP contribution in [0.15, 0.2) is 24.3 Å². The number of benzene rings is 1. The lowest BCUT2D eigenvalue weighted by Crippen LogP contribution is -2.50. The minimum Gasteiger partial charge on any atom is -0.490 e. The van der Waals surface area contributed by atoms with E-state index in [2.05, 4.69) is 34.1 Å². The predicted octanol–water partition coefficient (Wildman–Crippen LogP) is 2.92. The van der Waals surface area contributed by atoms with Crippen LogP contribution in [-0.4, -0.2) is 76.0 Å². The summed E-state index contributed by atoms with van der Waals surface area (Å²) in [7, 11) is 0. The Morgan fingerprint density at radius 1 is 1.10 bits per heavy atom. The largest absolute Gasteiger partial charge is 0.490 e. The third-order valence-corrected chi connectivity index (χ3v) is 8.00. The van der Waals surface area contributed by atoms with Crippen LogP contribution < -0.4 is 4.74 Å². The van der Waals surface area contributed by atoms with Crippen molar-refractivity contribution in [3.63, 3.8) is 0 Å². The van der Waals surface area contributed by atoms with Crippen LogP contribution in [0.1, 0.15) is 42.7 Å². The van der Waals surface area contributed by atoms with Crippen LogP contribution in [0.5, 0.6) is 5.75 Å². The summed E-state index contributed by atoms with van der Waals surface area (Å²) in [5.74, 6) is 0.955. The lowest BCUT2D eigenvalue weighted by Gasteiger charge is -2.44. The molecule has 2 fully saturated rings. The Kier molecular flexibility index (Phi) is 6.57. The smallest absolute Gasteiger partial charge is 0.123 e. The minimum absolute atomic E-state index is 0.189. The highest BCUT2D eigenvalue weighted by molar-refractivity contribution is 7.15. The summed E-state index contributed by atoms with van der Waals surface area (Å²) in [6, 6.07) is 9.12. The Morgan fingerprint density at radius 3 is 2.61 bits per heavy atom. The van der Waals surface area contributed by atoms with E-state index >= 15 is 0 Å². The van der Waals surface area contributed by atoms with Crippen molar-refractivity contribution in [2.75, 3.05) is 32.8 Å². The SMILES string of the molecule is OC[C@H](O)CN1CCc2nc(-c3ccc(OC4CC(N5CCCCC5)C4)cc3)sc2C1. The van der Waals surface area contributed by atoms with Crippen molar-refractivity contribution in [2.24, 2.45) is 0 Å². The van der Waals surface area contributed by atoms with Gasteiger partial charge in [-0.1, -0.05) is 6.42 Å². The zero-order valence-corrected chi connectivity index (χ0v) is 18.9. The van der Waals surface area contributed by atoms with Crippen molar-refractivity contribution in [2.45, 2.75) is 63.3 Å². The van der Waals surface area contributed by atoms with E-state index in [-0.39, 0.29) is 6.61 Å². The summed E-state index contributed by atoms with van der Waals surface area (Å²) >= 11 is 1.74. The summed E-state index contributed by atoms with van der Waals surface area (Å²) < 4.78 is 6.21. The molecule has 1 aromatic heterocycles. The van der Waals surface area contributed by atoms with Crippen molar-refractivity contribution in [1.29, 1.82) is 0 Å². The van der Waals surface area contributed by atoms with Crippen LogP contribution in [0.3, 0.4) is 0 Å². The van der Waals surface area contributed by atoms with Gasteiger partial charge in [0.15, 0.2) is 0 Å². The Morgan fingerprint density at radius 2 is 1.87 bits per heavy atom. The van der Waals surface area contributed by atoms with Crippen molar-refractivity contribution in [1.82, 2.24) is 14.8 Å². The summed E-state index contributed by atoms with van der Waals surface area (Å²) in [5, 5.41) is 19.8. The second-order valence-electron chi connectivity index (χ2n) is 9.20. The van der Waals surface area contributed by atoms with Crippen LogP contribution in [-0.2, 0) is 13.0 Å². The van der Waals surface area contributed by atoms with Gasteiger partial charge in [0.25, 0.3) is 0 Å². The molecule has 168 valence electrons. The van der Waals surface area contributed by atoms with Gasteiger partial charge in [0.2, 0.25) is 0 Å². The normalized spacial score (nSPS) is 25.6. The third kappa shape index (κ3) is 4.96. The second-order valence-corrected chi connectivity index (χ2v) is 10.3. The van der Waals surface area contributed by atoms with Crippen LogP contribution in [0, 0.1) is 0 Å². The maximum atomic E-state index is 9.71. The fraction of sp³-hybridized carbons (Fsp3) is 0.625. The molecule has 1 saturated carbocycles. The van der Waals surface area contributed by atoms with E-state index in [1.54, 1.807) is 11.3 Å². The number of hydrogen-bond acceptors (Lipinski definition) is 7. The third-order valence-electron chi connectivity index (χ3n) is 6.87. The number of rotatable bonds is 7. The van der Waals surface area contributed by atoms with Crippen LogP contribution in [0.2, 0.25) is 0 Å². The van der Waals surface area contributed by atoms with Gasteiger partial charge >= 0.3 is 0 Å². The topological polar surface area (TPSA) is 69.1 Å². The number of aromatic nitrogens is 1. The fourth-order valence-electron chi connectivity index (χ4n) is 4.97. The highest BCUT2D eigenvalue weighted by Gasteiger charge is 2.35. The Bertz CT molecular complexity index is 859. The summed E-state index contributed by atoms with van der Waals surface area (Å²) in [4.78, 5) is 11.0. The van der Waals surface area contributed by atoms with Crippen molar-refractivity contribution < 1.29 is 14.9 Å². The molecule has 1 aliphatic carbocycles. The number of likely N-dealkylation sites (tertiary alicyclic amines) is 1. The molecule has 0 unspecified atom stereocenters. The second kappa shape index (κ2) is 9.55. The molecule has 0 radical (unpaired) electrons. The average molecular weight is 444 g/mol. The van der Waals surface area contributed by atoms with Crippen LogP contribution in [0.25, 0.3) is 10.6 Å². The standard InChI is InChI=1S/C24H33N3O3S/c28-16-19(29)14-26-11-8-22-23(15-26)31-24(25-22)17-4-6-20(7-5-17)30-21-12-18(13-21)27-9-2-1-3-10-27/h4-7,18-19,21,28-29H,1-3,8-16H2/t18?,19-,21?/m1/s1. The van der Waals surface area contributed by atoms with Gasteiger partial charge in [-0.3, -0.25) is 4.90 Å². The summed E-state index contributed by atoms with van der Waals surface area (Å²) in [6.45, 7) is 4.53. The molecule has 6 nitrogen and oxygen atoms in total. The Labute approximate surface area is 188 Å². The molecule has 2 N–H and O–H groups in total. The number of aliphatic hydroxyl groups excluding tert-OH is 2. The number of piperidine rings is 1. The summed E-state index contributed by atoms with van der Waals surface area (Å²) in [5.41, 5.74) is 2.31. The van der Waals surface area contributed by atoms with E-state index in [1.165, 1.54) is 42.9 Å². The highest BCUT2D eigenvalue weighted by atomic mass is 32.1. The molecule has 0 amide bonds. The van der Waals surface area contributed by atoms with Crippen LogP contribution >= 0.6 is 11.3 Å².